The number of rotatable bonds is 4. The molecule has 7 nitrogen and oxygen atoms in total. The second-order valence-corrected chi connectivity index (χ2v) is 5.18. The van der Waals surface area contributed by atoms with E-state index in [1.165, 1.54) is 0 Å². The van der Waals surface area contributed by atoms with Crippen molar-refractivity contribution in [2.24, 2.45) is 0 Å². The topological polar surface area (TPSA) is 94.1 Å². The molecule has 0 saturated carbocycles. The van der Waals surface area contributed by atoms with Crippen molar-refractivity contribution in [1.29, 1.82) is 0 Å². The molecule has 2 heterocycles. The Morgan fingerprint density at radius 2 is 2.14 bits per heavy atom. The summed E-state index contributed by atoms with van der Waals surface area (Å²) >= 11 is 0. The predicted octanol–water partition coefficient (Wildman–Crippen LogP) is 0.279. The standard InChI is InChI=1S/C15H17NO6/c17-14(12-8-20-5-6-22-12)16-13(15(18)19)10-1-2-11-9(7-10)3-4-21-11/h1-2,7,12-13H,3-6,8H2,(H,16,17)(H,18,19). The first-order valence-electron chi connectivity index (χ1n) is 7.13. The quantitative estimate of drug-likeness (QED) is 0.830. The zero-order valence-electron chi connectivity index (χ0n) is 11.9. The van der Waals surface area contributed by atoms with Crippen LogP contribution in [0.3, 0.4) is 0 Å². The number of ether oxygens (including phenoxy) is 3. The Kier molecular flexibility index (Phi) is 4.26. The Labute approximate surface area is 127 Å². The van der Waals surface area contributed by atoms with Crippen LogP contribution in [0, 0.1) is 0 Å². The molecular formula is C15H17NO6. The lowest BCUT2D eigenvalue weighted by atomic mass is 10.0. The zero-order valence-corrected chi connectivity index (χ0v) is 11.9. The van der Waals surface area contributed by atoms with Gasteiger partial charge in [0.1, 0.15) is 5.75 Å². The lowest BCUT2D eigenvalue weighted by molar-refractivity contribution is -0.152. The third kappa shape index (κ3) is 3.05. The SMILES string of the molecule is O=C(NC(C(=O)O)c1ccc2c(c1)CCO2)C1COCCO1. The summed E-state index contributed by atoms with van der Waals surface area (Å²) in [6.45, 7) is 1.50. The van der Waals surface area contributed by atoms with E-state index < -0.39 is 24.0 Å². The Bertz CT molecular complexity index is 581. The molecule has 0 aromatic heterocycles. The number of carboxylic acids is 1. The van der Waals surface area contributed by atoms with Crippen LogP contribution in [0.1, 0.15) is 17.2 Å². The molecule has 1 saturated heterocycles. The van der Waals surface area contributed by atoms with Crippen molar-refractivity contribution in [3.8, 4) is 5.75 Å². The van der Waals surface area contributed by atoms with E-state index in [9.17, 15) is 14.7 Å². The molecule has 1 aromatic carbocycles. The molecule has 1 aromatic rings. The van der Waals surface area contributed by atoms with E-state index in [1.807, 2.05) is 0 Å². The van der Waals surface area contributed by atoms with Crippen molar-refractivity contribution < 1.29 is 28.9 Å². The zero-order chi connectivity index (χ0) is 15.5. The number of aliphatic carboxylic acids is 1. The average molecular weight is 307 g/mol. The van der Waals surface area contributed by atoms with Gasteiger partial charge in [0.2, 0.25) is 0 Å². The molecule has 3 rings (SSSR count). The highest BCUT2D eigenvalue weighted by atomic mass is 16.6. The van der Waals surface area contributed by atoms with Gasteiger partial charge in [-0.25, -0.2) is 4.79 Å². The average Bonchev–Trinajstić information content (AvgIpc) is 3.00. The largest absolute Gasteiger partial charge is 0.493 e. The molecule has 1 fully saturated rings. The highest BCUT2D eigenvalue weighted by Crippen LogP contribution is 2.28. The van der Waals surface area contributed by atoms with E-state index in [4.69, 9.17) is 14.2 Å². The fourth-order valence-electron chi connectivity index (χ4n) is 2.55. The molecule has 2 aliphatic heterocycles. The minimum atomic E-state index is -1.12. The number of amides is 1. The normalized spacial score (nSPS) is 21.5. The van der Waals surface area contributed by atoms with E-state index in [-0.39, 0.29) is 6.61 Å². The van der Waals surface area contributed by atoms with Gasteiger partial charge < -0.3 is 24.6 Å². The first-order valence-corrected chi connectivity index (χ1v) is 7.13. The van der Waals surface area contributed by atoms with Crippen molar-refractivity contribution in [2.45, 2.75) is 18.6 Å². The molecule has 0 bridgehead atoms. The number of hydrogen-bond donors (Lipinski definition) is 2. The van der Waals surface area contributed by atoms with E-state index in [0.29, 0.717) is 25.4 Å². The van der Waals surface area contributed by atoms with Crippen molar-refractivity contribution in [3.63, 3.8) is 0 Å². The second kappa shape index (κ2) is 6.33. The Balaban J connectivity index is 1.75. The molecule has 2 unspecified atom stereocenters. The van der Waals surface area contributed by atoms with Gasteiger partial charge in [0.25, 0.3) is 5.91 Å². The number of hydrogen-bond acceptors (Lipinski definition) is 5. The molecule has 22 heavy (non-hydrogen) atoms. The Morgan fingerprint density at radius 1 is 1.27 bits per heavy atom. The summed E-state index contributed by atoms with van der Waals surface area (Å²) in [7, 11) is 0. The van der Waals surface area contributed by atoms with Crippen LogP contribution in [0.2, 0.25) is 0 Å². The summed E-state index contributed by atoms with van der Waals surface area (Å²) in [5, 5.41) is 11.9. The number of carbonyl (C=O) groups is 2. The summed E-state index contributed by atoms with van der Waals surface area (Å²) in [4.78, 5) is 23.6. The van der Waals surface area contributed by atoms with E-state index in [1.54, 1.807) is 18.2 Å². The molecule has 0 spiro atoms. The maximum absolute atomic E-state index is 12.1. The summed E-state index contributed by atoms with van der Waals surface area (Å²) in [5.41, 5.74) is 1.47. The molecule has 0 aliphatic carbocycles. The van der Waals surface area contributed by atoms with Crippen LogP contribution < -0.4 is 10.1 Å². The molecule has 2 atom stereocenters. The fourth-order valence-corrected chi connectivity index (χ4v) is 2.55. The third-order valence-corrected chi connectivity index (χ3v) is 3.69. The van der Waals surface area contributed by atoms with Crippen LogP contribution in [0.4, 0.5) is 0 Å². The number of carbonyl (C=O) groups excluding carboxylic acids is 1. The first-order chi connectivity index (χ1) is 10.6. The molecule has 118 valence electrons. The number of carboxylic acid groups (broad SMARTS) is 1. The van der Waals surface area contributed by atoms with Crippen molar-refractivity contribution in [1.82, 2.24) is 5.32 Å². The van der Waals surface area contributed by atoms with Crippen molar-refractivity contribution in [2.75, 3.05) is 26.4 Å². The number of nitrogens with one attached hydrogen (secondary N) is 1. The van der Waals surface area contributed by atoms with Gasteiger partial charge in [-0.2, -0.15) is 0 Å². The van der Waals surface area contributed by atoms with Crippen LogP contribution >= 0.6 is 0 Å². The molecule has 1 amide bonds. The number of benzene rings is 1. The maximum atomic E-state index is 12.1. The van der Waals surface area contributed by atoms with Crippen LogP contribution in [0.5, 0.6) is 5.75 Å². The van der Waals surface area contributed by atoms with Crippen LogP contribution in [-0.2, 0) is 25.5 Å². The Morgan fingerprint density at radius 3 is 2.86 bits per heavy atom. The van der Waals surface area contributed by atoms with Gasteiger partial charge in [0.05, 0.1) is 26.4 Å². The summed E-state index contributed by atoms with van der Waals surface area (Å²) in [6, 6.07) is 4.03. The molecular weight excluding hydrogens is 290 g/mol. The molecule has 2 N–H and O–H groups in total. The first kappa shape index (κ1) is 14.8. The number of fused-ring (bicyclic) bond motifs is 1. The van der Waals surface area contributed by atoms with Gasteiger partial charge in [0.15, 0.2) is 12.1 Å². The van der Waals surface area contributed by atoms with Crippen molar-refractivity contribution >= 4 is 11.9 Å². The summed E-state index contributed by atoms with van der Waals surface area (Å²) in [6.07, 6.45) is -0.0309. The van der Waals surface area contributed by atoms with Gasteiger partial charge in [0, 0.05) is 6.42 Å². The Hall–Kier alpha value is -2.12. The summed E-state index contributed by atoms with van der Waals surface area (Å²) < 4.78 is 15.8. The predicted molar refractivity (Wildman–Crippen MR) is 74.7 cm³/mol. The summed E-state index contributed by atoms with van der Waals surface area (Å²) in [5.74, 6) is -0.837. The highest BCUT2D eigenvalue weighted by Gasteiger charge is 2.29. The van der Waals surface area contributed by atoms with E-state index >= 15 is 0 Å². The molecule has 7 heteroatoms. The molecule has 0 radical (unpaired) electrons. The fraction of sp³-hybridized carbons (Fsp3) is 0.467. The highest BCUT2D eigenvalue weighted by molar-refractivity contribution is 5.87. The molecule has 2 aliphatic rings. The van der Waals surface area contributed by atoms with Crippen LogP contribution in [0.15, 0.2) is 18.2 Å². The minimum absolute atomic E-state index is 0.135. The van der Waals surface area contributed by atoms with E-state index in [2.05, 4.69) is 5.32 Å². The van der Waals surface area contributed by atoms with Crippen LogP contribution in [-0.4, -0.2) is 49.5 Å². The third-order valence-electron chi connectivity index (χ3n) is 3.69. The van der Waals surface area contributed by atoms with Gasteiger partial charge in [-0.3, -0.25) is 4.79 Å². The lowest BCUT2D eigenvalue weighted by Crippen LogP contribution is -2.45. The van der Waals surface area contributed by atoms with Gasteiger partial charge in [-0.15, -0.1) is 0 Å². The monoisotopic (exact) mass is 307 g/mol. The second-order valence-electron chi connectivity index (χ2n) is 5.18. The maximum Gasteiger partial charge on any atom is 0.330 e. The minimum Gasteiger partial charge on any atom is -0.493 e. The lowest BCUT2D eigenvalue weighted by Gasteiger charge is -2.24. The van der Waals surface area contributed by atoms with Crippen molar-refractivity contribution in [3.05, 3.63) is 29.3 Å². The van der Waals surface area contributed by atoms with Gasteiger partial charge in [-0.05, 0) is 23.3 Å². The van der Waals surface area contributed by atoms with Gasteiger partial charge in [-0.1, -0.05) is 6.07 Å². The smallest absolute Gasteiger partial charge is 0.330 e. The van der Waals surface area contributed by atoms with Gasteiger partial charge >= 0.3 is 5.97 Å². The van der Waals surface area contributed by atoms with E-state index in [0.717, 1.165) is 17.7 Å². The van der Waals surface area contributed by atoms with Crippen LogP contribution in [0.25, 0.3) is 0 Å².